The molecule has 1 aliphatic rings. The normalized spacial score (nSPS) is 16.9. The van der Waals surface area contributed by atoms with E-state index in [9.17, 15) is 0 Å². The zero-order chi connectivity index (χ0) is 12.8. The Morgan fingerprint density at radius 2 is 2.06 bits per heavy atom. The van der Waals surface area contributed by atoms with Crippen molar-refractivity contribution in [3.8, 4) is 0 Å². The molecule has 1 fully saturated rings. The molecule has 1 aromatic heterocycles. The van der Waals surface area contributed by atoms with Gasteiger partial charge in [-0.3, -0.25) is 0 Å². The summed E-state index contributed by atoms with van der Waals surface area (Å²) < 4.78 is 0. The first kappa shape index (κ1) is 13.0. The molecule has 3 N–H and O–H groups in total. The quantitative estimate of drug-likeness (QED) is 0.766. The SMILES string of the molecule is CCN1CCN(c2cc(NCCN)ncn2)CC1. The van der Waals surface area contributed by atoms with Crippen LogP contribution in [0.1, 0.15) is 6.92 Å². The first-order valence-corrected chi connectivity index (χ1v) is 6.56. The van der Waals surface area contributed by atoms with Gasteiger partial charge >= 0.3 is 0 Å². The Morgan fingerprint density at radius 3 is 2.72 bits per heavy atom. The molecule has 0 aromatic carbocycles. The lowest BCUT2D eigenvalue weighted by atomic mass is 10.3. The number of hydrogen-bond acceptors (Lipinski definition) is 6. The van der Waals surface area contributed by atoms with E-state index < -0.39 is 0 Å². The largest absolute Gasteiger partial charge is 0.369 e. The summed E-state index contributed by atoms with van der Waals surface area (Å²) in [4.78, 5) is 13.3. The van der Waals surface area contributed by atoms with Crippen LogP contribution < -0.4 is 16.0 Å². The van der Waals surface area contributed by atoms with Gasteiger partial charge in [0.1, 0.15) is 18.0 Å². The lowest BCUT2D eigenvalue weighted by molar-refractivity contribution is 0.270. The number of rotatable bonds is 5. The summed E-state index contributed by atoms with van der Waals surface area (Å²) in [6, 6.07) is 2.00. The van der Waals surface area contributed by atoms with Crippen molar-refractivity contribution in [1.29, 1.82) is 0 Å². The molecule has 2 rings (SSSR count). The Hall–Kier alpha value is -1.40. The first-order chi connectivity index (χ1) is 8.83. The van der Waals surface area contributed by atoms with Crippen molar-refractivity contribution < 1.29 is 0 Å². The Balaban J connectivity index is 1.96. The van der Waals surface area contributed by atoms with Gasteiger partial charge in [-0.25, -0.2) is 9.97 Å². The molecule has 1 saturated heterocycles. The molecule has 100 valence electrons. The highest BCUT2D eigenvalue weighted by Crippen LogP contribution is 2.15. The minimum absolute atomic E-state index is 0.606. The molecule has 18 heavy (non-hydrogen) atoms. The highest BCUT2D eigenvalue weighted by atomic mass is 15.3. The maximum absolute atomic E-state index is 5.47. The Bertz CT molecular complexity index is 361. The van der Waals surface area contributed by atoms with Crippen molar-refractivity contribution in [3.05, 3.63) is 12.4 Å². The van der Waals surface area contributed by atoms with E-state index in [1.165, 1.54) is 0 Å². The van der Waals surface area contributed by atoms with E-state index in [0.29, 0.717) is 6.54 Å². The Kier molecular flexibility index (Phi) is 4.72. The fourth-order valence-corrected chi connectivity index (χ4v) is 2.11. The standard InChI is InChI=1S/C12H22N6/c1-2-17-5-7-18(8-6-17)12-9-11(14-4-3-13)15-10-16-12/h9-10H,2-8,13H2,1H3,(H,14,15,16). The molecular formula is C12H22N6. The van der Waals surface area contributed by atoms with E-state index in [0.717, 1.165) is 50.9 Å². The maximum Gasteiger partial charge on any atom is 0.134 e. The molecule has 0 aliphatic carbocycles. The summed E-state index contributed by atoms with van der Waals surface area (Å²) in [5, 5.41) is 3.18. The van der Waals surface area contributed by atoms with Crippen LogP contribution in [0.2, 0.25) is 0 Å². The highest BCUT2D eigenvalue weighted by molar-refractivity contribution is 5.48. The molecule has 0 radical (unpaired) electrons. The number of nitrogens with two attached hydrogens (primary N) is 1. The fourth-order valence-electron chi connectivity index (χ4n) is 2.11. The van der Waals surface area contributed by atoms with Gasteiger partial charge in [0.2, 0.25) is 0 Å². The van der Waals surface area contributed by atoms with Crippen LogP contribution in [0.15, 0.2) is 12.4 Å². The van der Waals surface area contributed by atoms with Crippen molar-refractivity contribution in [2.45, 2.75) is 6.92 Å². The molecule has 0 unspecified atom stereocenters. The third kappa shape index (κ3) is 3.30. The van der Waals surface area contributed by atoms with Gasteiger partial charge in [-0.2, -0.15) is 0 Å². The number of nitrogens with zero attached hydrogens (tertiary/aromatic N) is 4. The minimum atomic E-state index is 0.606. The summed E-state index contributed by atoms with van der Waals surface area (Å²) in [5.41, 5.74) is 5.47. The van der Waals surface area contributed by atoms with E-state index in [4.69, 9.17) is 5.73 Å². The minimum Gasteiger partial charge on any atom is -0.369 e. The molecule has 0 amide bonds. The monoisotopic (exact) mass is 250 g/mol. The Labute approximate surface area is 108 Å². The second-order valence-electron chi connectivity index (χ2n) is 4.40. The molecule has 2 heterocycles. The molecule has 1 aromatic rings. The number of nitrogens with one attached hydrogen (secondary N) is 1. The average molecular weight is 250 g/mol. The average Bonchev–Trinajstić information content (AvgIpc) is 2.45. The molecule has 6 nitrogen and oxygen atoms in total. The van der Waals surface area contributed by atoms with Gasteiger partial charge in [-0.05, 0) is 6.54 Å². The zero-order valence-corrected chi connectivity index (χ0v) is 11.0. The van der Waals surface area contributed by atoms with Crippen molar-refractivity contribution >= 4 is 11.6 Å². The van der Waals surface area contributed by atoms with Crippen LogP contribution in [0.3, 0.4) is 0 Å². The molecule has 6 heteroatoms. The van der Waals surface area contributed by atoms with Crippen LogP contribution in [0.5, 0.6) is 0 Å². The van der Waals surface area contributed by atoms with Crippen molar-refractivity contribution in [2.24, 2.45) is 5.73 Å². The molecule has 0 saturated carbocycles. The number of anilines is 2. The number of piperazine rings is 1. The highest BCUT2D eigenvalue weighted by Gasteiger charge is 2.16. The number of hydrogen-bond donors (Lipinski definition) is 2. The van der Waals surface area contributed by atoms with Gasteiger partial charge in [-0.1, -0.05) is 6.92 Å². The number of aromatic nitrogens is 2. The summed E-state index contributed by atoms with van der Waals surface area (Å²) in [6.07, 6.45) is 1.61. The predicted octanol–water partition coefficient (Wildman–Crippen LogP) is -0.0109. The summed E-state index contributed by atoms with van der Waals surface area (Å²) in [6.45, 7) is 8.94. The van der Waals surface area contributed by atoms with E-state index in [1.54, 1.807) is 6.33 Å². The van der Waals surface area contributed by atoms with E-state index in [-0.39, 0.29) is 0 Å². The molecule has 1 aliphatic heterocycles. The fraction of sp³-hybridized carbons (Fsp3) is 0.667. The smallest absolute Gasteiger partial charge is 0.134 e. The molecule has 0 bridgehead atoms. The van der Waals surface area contributed by atoms with Gasteiger partial charge in [0.25, 0.3) is 0 Å². The third-order valence-corrected chi connectivity index (χ3v) is 3.25. The van der Waals surface area contributed by atoms with Crippen LogP contribution in [-0.4, -0.2) is 60.7 Å². The van der Waals surface area contributed by atoms with Gasteiger partial charge < -0.3 is 20.9 Å². The predicted molar refractivity (Wildman–Crippen MR) is 73.9 cm³/mol. The Morgan fingerprint density at radius 1 is 1.28 bits per heavy atom. The topological polar surface area (TPSA) is 70.3 Å². The summed E-state index contributed by atoms with van der Waals surface area (Å²) >= 11 is 0. The van der Waals surface area contributed by atoms with Gasteiger partial charge in [-0.15, -0.1) is 0 Å². The van der Waals surface area contributed by atoms with Crippen molar-refractivity contribution in [1.82, 2.24) is 14.9 Å². The third-order valence-electron chi connectivity index (χ3n) is 3.25. The van der Waals surface area contributed by atoms with Gasteiger partial charge in [0.05, 0.1) is 0 Å². The van der Waals surface area contributed by atoms with Crippen molar-refractivity contribution in [2.75, 3.05) is 56.0 Å². The number of likely N-dealkylation sites (N-methyl/N-ethyl adjacent to an activating group) is 1. The van der Waals surface area contributed by atoms with E-state index >= 15 is 0 Å². The summed E-state index contributed by atoms with van der Waals surface area (Å²) in [7, 11) is 0. The molecule has 0 atom stereocenters. The van der Waals surface area contributed by atoms with Crippen LogP contribution in [0.25, 0.3) is 0 Å². The van der Waals surface area contributed by atoms with Crippen LogP contribution in [0.4, 0.5) is 11.6 Å². The van der Waals surface area contributed by atoms with Gasteiger partial charge in [0, 0.05) is 45.3 Å². The maximum atomic E-state index is 5.47. The van der Waals surface area contributed by atoms with Crippen molar-refractivity contribution in [3.63, 3.8) is 0 Å². The zero-order valence-electron chi connectivity index (χ0n) is 11.0. The second kappa shape index (κ2) is 6.51. The van der Waals surface area contributed by atoms with Crippen LogP contribution in [0, 0.1) is 0 Å². The lowest BCUT2D eigenvalue weighted by Crippen LogP contribution is -2.46. The molecular weight excluding hydrogens is 228 g/mol. The summed E-state index contributed by atoms with van der Waals surface area (Å²) in [5.74, 6) is 1.85. The molecule has 0 spiro atoms. The lowest BCUT2D eigenvalue weighted by Gasteiger charge is -2.34. The van der Waals surface area contributed by atoms with Crippen LogP contribution >= 0.6 is 0 Å². The van der Waals surface area contributed by atoms with E-state index in [2.05, 4.69) is 32.0 Å². The first-order valence-electron chi connectivity index (χ1n) is 6.56. The van der Waals surface area contributed by atoms with Gasteiger partial charge in [0.15, 0.2) is 0 Å². The van der Waals surface area contributed by atoms with E-state index in [1.807, 2.05) is 6.07 Å². The van der Waals surface area contributed by atoms with Crippen LogP contribution in [-0.2, 0) is 0 Å². The second-order valence-corrected chi connectivity index (χ2v) is 4.40.